The van der Waals surface area contributed by atoms with E-state index in [0.717, 1.165) is 12.3 Å². The number of hydrogen-bond acceptors (Lipinski definition) is 3. The number of halogens is 3. The SMILES string of the molecule is Nc1cnc(CC=O)c(C(F)(F)F)c1. The summed E-state index contributed by atoms with van der Waals surface area (Å²) < 4.78 is 37.0. The van der Waals surface area contributed by atoms with Crippen molar-refractivity contribution in [2.45, 2.75) is 12.6 Å². The maximum absolute atomic E-state index is 12.3. The van der Waals surface area contributed by atoms with Gasteiger partial charge in [-0.15, -0.1) is 0 Å². The lowest BCUT2D eigenvalue weighted by Gasteiger charge is -2.10. The van der Waals surface area contributed by atoms with Crippen LogP contribution in [0.15, 0.2) is 12.3 Å². The largest absolute Gasteiger partial charge is 0.418 e. The molecule has 0 atom stereocenters. The standard InChI is InChI=1S/C8H7F3N2O/c9-8(10,11)6-3-5(12)4-13-7(6)1-2-14/h2-4H,1,12H2. The minimum absolute atomic E-state index is 0.0769. The Morgan fingerprint density at radius 3 is 2.64 bits per heavy atom. The zero-order valence-corrected chi connectivity index (χ0v) is 7.01. The van der Waals surface area contributed by atoms with Crippen LogP contribution in [0.5, 0.6) is 0 Å². The number of carbonyl (C=O) groups excluding carboxylic acids is 1. The van der Waals surface area contributed by atoms with Crippen LogP contribution >= 0.6 is 0 Å². The van der Waals surface area contributed by atoms with Crippen LogP contribution < -0.4 is 5.73 Å². The first-order valence-electron chi connectivity index (χ1n) is 3.70. The van der Waals surface area contributed by atoms with Crippen molar-refractivity contribution in [3.05, 3.63) is 23.5 Å². The van der Waals surface area contributed by atoms with Gasteiger partial charge in [0.2, 0.25) is 0 Å². The number of alkyl halides is 3. The van der Waals surface area contributed by atoms with E-state index in [2.05, 4.69) is 4.98 Å². The van der Waals surface area contributed by atoms with Gasteiger partial charge >= 0.3 is 6.18 Å². The highest BCUT2D eigenvalue weighted by molar-refractivity contribution is 5.56. The Hall–Kier alpha value is -1.59. The van der Waals surface area contributed by atoms with Crippen LogP contribution in [0.4, 0.5) is 18.9 Å². The summed E-state index contributed by atoms with van der Waals surface area (Å²) >= 11 is 0. The second-order valence-electron chi connectivity index (χ2n) is 2.63. The molecule has 76 valence electrons. The Bertz CT molecular complexity index is 349. The molecule has 1 aromatic heterocycles. The number of nitrogens with zero attached hydrogens (tertiary/aromatic N) is 1. The average Bonchev–Trinajstić information content (AvgIpc) is 2.07. The van der Waals surface area contributed by atoms with Crippen molar-refractivity contribution < 1.29 is 18.0 Å². The highest BCUT2D eigenvalue weighted by atomic mass is 19.4. The number of aldehydes is 1. The van der Waals surface area contributed by atoms with Crippen LogP contribution in [0.2, 0.25) is 0 Å². The molecule has 0 spiro atoms. The molecule has 2 N–H and O–H groups in total. The van der Waals surface area contributed by atoms with Crippen LogP contribution in [-0.4, -0.2) is 11.3 Å². The van der Waals surface area contributed by atoms with Crippen LogP contribution in [0.3, 0.4) is 0 Å². The fourth-order valence-corrected chi connectivity index (χ4v) is 0.996. The van der Waals surface area contributed by atoms with E-state index >= 15 is 0 Å². The minimum atomic E-state index is -4.53. The van der Waals surface area contributed by atoms with E-state index < -0.39 is 11.7 Å². The number of rotatable bonds is 2. The lowest BCUT2D eigenvalue weighted by Crippen LogP contribution is -2.12. The third-order valence-corrected chi connectivity index (χ3v) is 1.57. The van der Waals surface area contributed by atoms with Crippen LogP contribution in [0, 0.1) is 0 Å². The maximum atomic E-state index is 12.3. The van der Waals surface area contributed by atoms with Gasteiger partial charge < -0.3 is 10.5 Å². The van der Waals surface area contributed by atoms with Crippen LogP contribution in [-0.2, 0) is 17.4 Å². The average molecular weight is 204 g/mol. The molecule has 0 aliphatic heterocycles. The van der Waals surface area contributed by atoms with Gasteiger partial charge in [0.15, 0.2) is 0 Å². The number of aromatic nitrogens is 1. The van der Waals surface area contributed by atoms with Gasteiger partial charge in [0.25, 0.3) is 0 Å². The van der Waals surface area contributed by atoms with Gasteiger partial charge in [-0.05, 0) is 6.07 Å². The quantitative estimate of drug-likeness (QED) is 0.741. The Morgan fingerprint density at radius 1 is 1.50 bits per heavy atom. The molecule has 0 bridgehead atoms. The van der Waals surface area contributed by atoms with Gasteiger partial charge in [-0.3, -0.25) is 4.98 Å². The number of carbonyl (C=O) groups is 1. The summed E-state index contributed by atoms with van der Waals surface area (Å²) in [5.74, 6) is 0. The summed E-state index contributed by atoms with van der Waals surface area (Å²) in [6.07, 6.45) is -3.43. The summed E-state index contributed by atoms with van der Waals surface area (Å²) in [6, 6.07) is 0.770. The second kappa shape index (κ2) is 3.65. The van der Waals surface area contributed by atoms with Gasteiger partial charge in [-0.2, -0.15) is 13.2 Å². The normalized spacial score (nSPS) is 11.4. The van der Waals surface area contributed by atoms with E-state index in [0.29, 0.717) is 6.29 Å². The maximum Gasteiger partial charge on any atom is 0.418 e. The van der Waals surface area contributed by atoms with Crippen molar-refractivity contribution >= 4 is 12.0 Å². The van der Waals surface area contributed by atoms with Crippen LogP contribution in [0.25, 0.3) is 0 Å². The highest BCUT2D eigenvalue weighted by Gasteiger charge is 2.34. The van der Waals surface area contributed by atoms with Crippen molar-refractivity contribution in [1.29, 1.82) is 0 Å². The number of hydrogen-bond donors (Lipinski definition) is 1. The molecule has 0 aromatic carbocycles. The molecule has 0 aliphatic rings. The highest BCUT2D eigenvalue weighted by Crippen LogP contribution is 2.32. The topological polar surface area (TPSA) is 56.0 Å². The van der Waals surface area contributed by atoms with Gasteiger partial charge in [-0.25, -0.2) is 0 Å². The number of nitrogen functional groups attached to an aromatic ring is 1. The first kappa shape index (κ1) is 10.5. The van der Waals surface area contributed by atoms with Gasteiger partial charge in [-0.1, -0.05) is 0 Å². The van der Waals surface area contributed by atoms with Gasteiger partial charge in [0, 0.05) is 6.42 Å². The van der Waals surface area contributed by atoms with E-state index in [9.17, 15) is 18.0 Å². The molecule has 0 amide bonds. The first-order chi connectivity index (χ1) is 6.45. The molecule has 1 rings (SSSR count). The van der Waals surface area contributed by atoms with Crippen molar-refractivity contribution in [2.75, 3.05) is 5.73 Å². The molecule has 0 radical (unpaired) electrons. The Balaban J connectivity index is 3.22. The fourth-order valence-electron chi connectivity index (χ4n) is 0.996. The molecule has 14 heavy (non-hydrogen) atoms. The van der Waals surface area contributed by atoms with Crippen molar-refractivity contribution in [2.24, 2.45) is 0 Å². The lowest BCUT2D eigenvalue weighted by molar-refractivity contribution is -0.138. The molecule has 0 saturated heterocycles. The van der Waals surface area contributed by atoms with Gasteiger partial charge in [0.05, 0.1) is 23.1 Å². The third kappa shape index (κ3) is 2.21. The summed E-state index contributed by atoms with van der Waals surface area (Å²) in [6.45, 7) is 0. The molecular weight excluding hydrogens is 197 g/mol. The zero-order chi connectivity index (χ0) is 10.8. The van der Waals surface area contributed by atoms with Gasteiger partial charge in [0.1, 0.15) is 6.29 Å². The lowest BCUT2D eigenvalue weighted by atomic mass is 10.1. The second-order valence-corrected chi connectivity index (χ2v) is 2.63. The fraction of sp³-hybridized carbons (Fsp3) is 0.250. The molecule has 1 heterocycles. The third-order valence-electron chi connectivity index (χ3n) is 1.57. The predicted octanol–water partition coefficient (Wildman–Crippen LogP) is 1.42. The predicted molar refractivity (Wildman–Crippen MR) is 43.4 cm³/mol. The van der Waals surface area contributed by atoms with Crippen molar-refractivity contribution in [3.8, 4) is 0 Å². The van der Waals surface area contributed by atoms with E-state index in [1.54, 1.807) is 0 Å². The molecule has 1 aromatic rings. The Labute approximate surface area is 77.7 Å². The minimum Gasteiger partial charge on any atom is -0.397 e. The van der Waals surface area contributed by atoms with Crippen LogP contribution in [0.1, 0.15) is 11.3 Å². The van der Waals surface area contributed by atoms with E-state index in [1.807, 2.05) is 0 Å². The number of anilines is 1. The van der Waals surface area contributed by atoms with E-state index in [4.69, 9.17) is 5.73 Å². The molecular formula is C8H7F3N2O. The zero-order valence-electron chi connectivity index (χ0n) is 7.01. The number of nitrogens with two attached hydrogens (primary N) is 1. The summed E-state index contributed by atoms with van der Waals surface area (Å²) in [7, 11) is 0. The Kier molecular flexibility index (Phi) is 2.73. The van der Waals surface area contributed by atoms with Crippen molar-refractivity contribution in [3.63, 3.8) is 0 Å². The molecule has 0 fully saturated rings. The van der Waals surface area contributed by atoms with Crippen molar-refractivity contribution in [1.82, 2.24) is 4.98 Å². The monoisotopic (exact) mass is 204 g/mol. The smallest absolute Gasteiger partial charge is 0.397 e. The number of pyridine rings is 1. The summed E-state index contributed by atoms with van der Waals surface area (Å²) in [4.78, 5) is 13.6. The summed E-state index contributed by atoms with van der Waals surface area (Å²) in [5, 5.41) is 0. The molecule has 3 nitrogen and oxygen atoms in total. The molecule has 0 unspecified atom stereocenters. The first-order valence-corrected chi connectivity index (χ1v) is 3.70. The molecule has 0 aliphatic carbocycles. The van der Waals surface area contributed by atoms with E-state index in [1.165, 1.54) is 0 Å². The molecule has 0 saturated carbocycles. The molecule has 6 heteroatoms. The van der Waals surface area contributed by atoms with E-state index in [-0.39, 0.29) is 17.8 Å². The summed E-state index contributed by atoms with van der Waals surface area (Å²) in [5.41, 5.74) is 3.83. The Morgan fingerprint density at radius 2 is 2.14 bits per heavy atom.